The summed E-state index contributed by atoms with van der Waals surface area (Å²) in [5, 5.41) is 3.47. The molecule has 0 saturated heterocycles. The van der Waals surface area contributed by atoms with E-state index in [4.69, 9.17) is 4.74 Å². The summed E-state index contributed by atoms with van der Waals surface area (Å²) < 4.78 is 5.39. The molecule has 0 amide bonds. The van der Waals surface area contributed by atoms with Crippen LogP contribution < -0.4 is 5.32 Å². The third-order valence-corrected chi connectivity index (χ3v) is 3.21. The molecule has 0 aromatic heterocycles. The summed E-state index contributed by atoms with van der Waals surface area (Å²) in [5.74, 6) is 0.632. The van der Waals surface area contributed by atoms with Gasteiger partial charge in [-0.3, -0.25) is 0 Å². The highest BCUT2D eigenvalue weighted by molar-refractivity contribution is 5.19. The Hall–Kier alpha value is -0.860. The molecule has 0 heterocycles. The molecule has 0 aliphatic heterocycles. The Bertz CT molecular complexity index is 286. The van der Waals surface area contributed by atoms with Gasteiger partial charge in [-0.25, -0.2) is 0 Å². The fourth-order valence-corrected chi connectivity index (χ4v) is 2.17. The van der Waals surface area contributed by atoms with E-state index in [0.717, 1.165) is 26.3 Å². The summed E-state index contributed by atoms with van der Waals surface area (Å²) in [6.07, 6.45) is 3.65. The Kier molecular flexibility index (Phi) is 8.53. The van der Waals surface area contributed by atoms with Gasteiger partial charge >= 0.3 is 0 Å². The molecule has 1 atom stereocenters. The van der Waals surface area contributed by atoms with E-state index < -0.39 is 0 Å². The molecule has 0 fully saturated rings. The second-order valence-electron chi connectivity index (χ2n) is 4.61. The van der Waals surface area contributed by atoms with E-state index in [1.807, 2.05) is 0 Å². The van der Waals surface area contributed by atoms with Gasteiger partial charge in [0.05, 0.1) is 0 Å². The van der Waals surface area contributed by atoms with Gasteiger partial charge in [0.1, 0.15) is 0 Å². The first kappa shape index (κ1) is 15.2. The van der Waals surface area contributed by atoms with Crippen molar-refractivity contribution in [1.29, 1.82) is 0 Å². The minimum atomic E-state index is 0.632. The standard InChI is InChI=1S/C16H27NO/c1-3-17-14-16(12-8-9-13-18-4-2)15-10-6-5-7-11-15/h5-7,10-11,16-17H,3-4,8-9,12-14H2,1-2H3. The molecule has 1 N–H and O–H groups in total. The lowest BCUT2D eigenvalue weighted by Crippen LogP contribution is -2.21. The van der Waals surface area contributed by atoms with Gasteiger partial charge in [0.2, 0.25) is 0 Å². The largest absolute Gasteiger partial charge is 0.382 e. The van der Waals surface area contributed by atoms with Gasteiger partial charge in [-0.15, -0.1) is 0 Å². The average molecular weight is 249 g/mol. The number of hydrogen-bond donors (Lipinski definition) is 1. The quantitative estimate of drug-likeness (QED) is 0.640. The molecule has 0 bridgehead atoms. The molecule has 0 spiro atoms. The van der Waals surface area contributed by atoms with Gasteiger partial charge in [-0.2, -0.15) is 0 Å². The average Bonchev–Trinajstić information content (AvgIpc) is 2.43. The summed E-state index contributed by atoms with van der Waals surface area (Å²) in [6, 6.07) is 10.8. The third-order valence-electron chi connectivity index (χ3n) is 3.21. The number of likely N-dealkylation sites (N-methyl/N-ethyl adjacent to an activating group) is 1. The minimum Gasteiger partial charge on any atom is -0.382 e. The molecule has 1 unspecified atom stereocenters. The number of unbranched alkanes of at least 4 members (excludes halogenated alkanes) is 1. The summed E-state index contributed by atoms with van der Waals surface area (Å²) in [5.41, 5.74) is 1.45. The van der Waals surface area contributed by atoms with Crippen molar-refractivity contribution < 1.29 is 4.74 Å². The van der Waals surface area contributed by atoms with E-state index in [1.165, 1.54) is 24.8 Å². The van der Waals surface area contributed by atoms with Crippen molar-refractivity contribution >= 4 is 0 Å². The number of benzene rings is 1. The van der Waals surface area contributed by atoms with E-state index >= 15 is 0 Å². The lowest BCUT2D eigenvalue weighted by Gasteiger charge is -2.17. The normalized spacial score (nSPS) is 12.6. The van der Waals surface area contributed by atoms with Gasteiger partial charge in [-0.1, -0.05) is 43.7 Å². The van der Waals surface area contributed by atoms with Crippen molar-refractivity contribution in [2.24, 2.45) is 0 Å². The molecule has 0 aliphatic carbocycles. The van der Waals surface area contributed by atoms with Crippen molar-refractivity contribution in [3.8, 4) is 0 Å². The fourth-order valence-electron chi connectivity index (χ4n) is 2.17. The van der Waals surface area contributed by atoms with Crippen LogP contribution >= 0.6 is 0 Å². The van der Waals surface area contributed by atoms with Gasteiger partial charge < -0.3 is 10.1 Å². The predicted molar refractivity (Wildman–Crippen MR) is 78.1 cm³/mol. The van der Waals surface area contributed by atoms with Crippen LogP contribution in [0.15, 0.2) is 30.3 Å². The van der Waals surface area contributed by atoms with Gasteiger partial charge in [-0.05, 0) is 37.8 Å². The monoisotopic (exact) mass is 249 g/mol. The lowest BCUT2D eigenvalue weighted by atomic mass is 9.93. The minimum absolute atomic E-state index is 0.632. The third kappa shape index (κ3) is 6.18. The van der Waals surface area contributed by atoms with E-state index in [9.17, 15) is 0 Å². The molecule has 1 rings (SSSR count). The Morgan fingerprint density at radius 1 is 1.11 bits per heavy atom. The molecule has 1 aromatic carbocycles. The van der Waals surface area contributed by atoms with E-state index in [0.29, 0.717) is 5.92 Å². The van der Waals surface area contributed by atoms with E-state index in [-0.39, 0.29) is 0 Å². The van der Waals surface area contributed by atoms with E-state index in [1.54, 1.807) is 0 Å². The molecule has 102 valence electrons. The van der Waals surface area contributed by atoms with Crippen molar-refractivity contribution in [2.45, 2.75) is 39.0 Å². The van der Waals surface area contributed by atoms with Crippen LogP contribution in [0.2, 0.25) is 0 Å². The topological polar surface area (TPSA) is 21.3 Å². The Balaban J connectivity index is 2.36. The maximum absolute atomic E-state index is 5.39. The highest BCUT2D eigenvalue weighted by atomic mass is 16.5. The second kappa shape index (κ2) is 10.1. The highest BCUT2D eigenvalue weighted by Gasteiger charge is 2.10. The lowest BCUT2D eigenvalue weighted by molar-refractivity contribution is 0.142. The van der Waals surface area contributed by atoms with Crippen LogP contribution in [-0.2, 0) is 4.74 Å². The van der Waals surface area contributed by atoms with Crippen molar-refractivity contribution in [2.75, 3.05) is 26.3 Å². The molecular weight excluding hydrogens is 222 g/mol. The summed E-state index contributed by atoms with van der Waals surface area (Å²) >= 11 is 0. The highest BCUT2D eigenvalue weighted by Crippen LogP contribution is 2.21. The zero-order chi connectivity index (χ0) is 13.1. The fraction of sp³-hybridized carbons (Fsp3) is 0.625. The molecule has 18 heavy (non-hydrogen) atoms. The molecule has 0 aliphatic rings. The maximum Gasteiger partial charge on any atom is 0.0465 e. The van der Waals surface area contributed by atoms with Crippen LogP contribution in [0.5, 0.6) is 0 Å². The van der Waals surface area contributed by atoms with Crippen LogP contribution in [0.4, 0.5) is 0 Å². The zero-order valence-electron chi connectivity index (χ0n) is 11.8. The predicted octanol–water partition coefficient (Wildman–Crippen LogP) is 3.59. The Labute approximate surface area is 112 Å². The number of rotatable bonds is 10. The summed E-state index contributed by atoms with van der Waals surface area (Å²) in [6.45, 7) is 8.07. The van der Waals surface area contributed by atoms with Crippen LogP contribution in [0.1, 0.15) is 44.6 Å². The maximum atomic E-state index is 5.39. The molecule has 1 aromatic rings. The number of ether oxygens (including phenoxy) is 1. The van der Waals surface area contributed by atoms with Crippen molar-refractivity contribution in [3.63, 3.8) is 0 Å². The van der Waals surface area contributed by atoms with Crippen molar-refractivity contribution in [1.82, 2.24) is 5.32 Å². The Morgan fingerprint density at radius 2 is 1.89 bits per heavy atom. The van der Waals surface area contributed by atoms with Gasteiger partial charge in [0.15, 0.2) is 0 Å². The van der Waals surface area contributed by atoms with Crippen LogP contribution in [0.25, 0.3) is 0 Å². The van der Waals surface area contributed by atoms with Crippen LogP contribution in [-0.4, -0.2) is 26.3 Å². The van der Waals surface area contributed by atoms with Crippen molar-refractivity contribution in [3.05, 3.63) is 35.9 Å². The number of nitrogens with one attached hydrogen (secondary N) is 1. The smallest absolute Gasteiger partial charge is 0.0465 e. The summed E-state index contributed by atoms with van der Waals surface area (Å²) in [7, 11) is 0. The second-order valence-corrected chi connectivity index (χ2v) is 4.61. The van der Waals surface area contributed by atoms with E-state index in [2.05, 4.69) is 49.5 Å². The molecule has 2 heteroatoms. The number of hydrogen-bond acceptors (Lipinski definition) is 2. The molecular formula is C16H27NO. The SMILES string of the molecule is CCNCC(CCCCOCC)c1ccccc1. The first-order valence-corrected chi connectivity index (χ1v) is 7.21. The summed E-state index contributed by atoms with van der Waals surface area (Å²) in [4.78, 5) is 0. The first-order chi connectivity index (χ1) is 8.88. The zero-order valence-corrected chi connectivity index (χ0v) is 11.8. The van der Waals surface area contributed by atoms with Crippen LogP contribution in [0, 0.1) is 0 Å². The molecule has 2 nitrogen and oxygen atoms in total. The van der Waals surface area contributed by atoms with Gasteiger partial charge in [0, 0.05) is 19.8 Å². The van der Waals surface area contributed by atoms with Gasteiger partial charge in [0.25, 0.3) is 0 Å². The van der Waals surface area contributed by atoms with Crippen LogP contribution in [0.3, 0.4) is 0 Å². The molecule has 0 saturated carbocycles. The Morgan fingerprint density at radius 3 is 2.56 bits per heavy atom. The first-order valence-electron chi connectivity index (χ1n) is 7.21. The molecule has 0 radical (unpaired) electrons.